The lowest BCUT2D eigenvalue weighted by Crippen LogP contribution is -2.29. The Morgan fingerprint density at radius 1 is 0.925 bits per heavy atom. The van der Waals surface area contributed by atoms with E-state index in [1.165, 1.54) is 4.90 Å². The lowest BCUT2D eigenvalue weighted by Gasteiger charge is -2.26. The van der Waals surface area contributed by atoms with Crippen LogP contribution in [0.5, 0.6) is 11.5 Å². The molecular formula is C34H39NO5. The predicted octanol–water partition coefficient (Wildman–Crippen LogP) is 7.53. The number of ketones is 1. The summed E-state index contributed by atoms with van der Waals surface area (Å²) in [6.07, 6.45) is 0. The van der Waals surface area contributed by atoms with Gasteiger partial charge in [-0.3, -0.25) is 14.5 Å². The van der Waals surface area contributed by atoms with Crippen molar-refractivity contribution < 1.29 is 24.2 Å². The number of rotatable bonds is 8. The Bertz CT molecular complexity index is 1430. The van der Waals surface area contributed by atoms with Crippen LogP contribution >= 0.6 is 0 Å². The molecule has 0 spiro atoms. The van der Waals surface area contributed by atoms with Crippen LogP contribution in [0.3, 0.4) is 0 Å². The first-order chi connectivity index (χ1) is 19.0. The molecule has 1 atom stereocenters. The van der Waals surface area contributed by atoms with Gasteiger partial charge in [0.1, 0.15) is 17.3 Å². The van der Waals surface area contributed by atoms with Crippen LogP contribution in [0.1, 0.15) is 82.7 Å². The maximum atomic E-state index is 13.7. The molecule has 0 aromatic heterocycles. The van der Waals surface area contributed by atoms with Gasteiger partial charge in [0.05, 0.1) is 24.8 Å². The maximum Gasteiger partial charge on any atom is 0.300 e. The van der Waals surface area contributed by atoms with E-state index in [9.17, 15) is 14.7 Å². The first kappa shape index (κ1) is 28.9. The zero-order chi connectivity index (χ0) is 29.2. The van der Waals surface area contributed by atoms with Crippen LogP contribution in [0.2, 0.25) is 0 Å². The fourth-order valence-electron chi connectivity index (χ4n) is 5.08. The Kier molecular flexibility index (Phi) is 8.38. The highest BCUT2D eigenvalue weighted by Crippen LogP contribution is 2.44. The number of hydrogen-bond donors (Lipinski definition) is 1. The molecule has 3 aromatic rings. The molecule has 4 rings (SSSR count). The number of carbonyl (C=O) groups excluding carboxylic acids is 2. The van der Waals surface area contributed by atoms with E-state index in [0.29, 0.717) is 41.7 Å². The number of amides is 1. The summed E-state index contributed by atoms with van der Waals surface area (Å²) < 4.78 is 11.6. The molecule has 1 N–H and O–H groups in total. The molecule has 40 heavy (non-hydrogen) atoms. The van der Waals surface area contributed by atoms with Crippen LogP contribution in [0.25, 0.3) is 5.76 Å². The number of ether oxygens (including phenoxy) is 2. The van der Waals surface area contributed by atoms with Crippen molar-refractivity contribution in [2.45, 2.75) is 65.8 Å². The number of benzene rings is 3. The summed E-state index contributed by atoms with van der Waals surface area (Å²) in [5.41, 5.74) is 3.48. The summed E-state index contributed by atoms with van der Waals surface area (Å²) in [5.74, 6) is 0.0194. The monoisotopic (exact) mass is 541 g/mol. The van der Waals surface area contributed by atoms with E-state index in [2.05, 4.69) is 34.6 Å². The Morgan fingerprint density at radius 2 is 1.60 bits per heavy atom. The minimum absolute atomic E-state index is 0.0376. The second-order valence-corrected chi connectivity index (χ2v) is 11.3. The normalized spacial score (nSPS) is 17.0. The van der Waals surface area contributed by atoms with Crippen molar-refractivity contribution in [1.82, 2.24) is 0 Å². The van der Waals surface area contributed by atoms with E-state index in [0.717, 1.165) is 16.9 Å². The molecule has 6 heteroatoms. The first-order valence-corrected chi connectivity index (χ1v) is 13.9. The summed E-state index contributed by atoms with van der Waals surface area (Å²) in [6.45, 7) is 15.2. The van der Waals surface area contributed by atoms with Gasteiger partial charge in [0.2, 0.25) is 0 Å². The van der Waals surface area contributed by atoms with E-state index < -0.39 is 17.7 Å². The molecule has 0 radical (unpaired) electrons. The quantitative estimate of drug-likeness (QED) is 0.181. The van der Waals surface area contributed by atoms with Crippen LogP contribution in [0, 0.1) is 0 Å². The van der Waals surface area contributed by atoms with Gasteiger partial charge in [-0.2, -0.15) is 0 Å². The number of carbonyl (C=O) groups is 2. The van der Waals surface area contributed by atoms with Crippen LogP contribution in [0.15, 0.2) is 72.3 Å². The molecule has 1 saturated heterocycles. The van der Waals surface area contributed by atoms with Gasteiger partial charge in [0.15, 0.2) is 0 Å². The predicted molar refractivity (Wildman–Crippen MR) is 159 cm³/mol. The van der Waals surface area contributed by atoms with Gasteiger partial charge < -0.3 is 14.6 Å². The highest BCUT2D eigenvalue weighted by molar-refractivity contribution is 6.51. The molecule has 1 aliphatic rings. The third-order valence-corrected chi connectivity index (χ3v) is 7.13. The number of aliphatic hydroxyl groups is 1. The number of hydrogen-bond acceptors (Lipinski definition) is 5. The lowest BCUT2D eigenvalue weighted by molar-refractivity contribution is -0.132. The zero-order valence-corrected chi connectivity index (χ0v) is 24.4. The van der Waals surface area contributed by atoms with Gasteiger partial charge in [0, 0.05) is 16.8 Å². The molecule has 0 saturated carbocycles. The average Bonchev–Trinajstić information content (AvgIpc) is 3.18. The molecule has 0 bridgehead atoms. The molecular weight excluding hydrogens is 502 g/mol. The van der Waals surface area contributed by atoms with Crippen molar-refractivity contribution in [2.75, 3.05) is 18.1 Å². The van der Waals surface area contributed by atoms with Crippen LogP contribution in [-0.4, -0.2) is 30.0 Å². The standard InChI is InChI=1S/C34H39NO5/c1-8-39-26-12-10-11-23(19-26)30-29(31(36)24-15-18-28(40-9-2)27(20-24)34(5,6)7)32(37)33(38)35(30)25-16-13-22(14-17-25)21(3)4/h10-21,30,36H,8-9H2,1-7H3/b31-29+. The Balaban J connectivity index is 1.94. The Morgan fingerprint density at radius 3 is 2.20 bits per heavy atom. The number of nitrogens with zero attached hydrogens (tertiary/aromatic N) is 1. The third kappa shape index (κ3) is 5.62. The zero-order valence-electron chi connectivity index (χ0n) is 24.4. The van der Waals surface area contributed by atoms with E-state index in [-0.39, 0.29) is 16.7 Å². The fourth-order valence-corrected chi connectivity index (χ4v) is 5.08. The van der Waals surface area contributed by atoms with Gasteiger partial charge in [-0.25, -0.2) is 0 Å². The first-order valence-electron chi connectivity index (χ1n) is 13.9. The highest BCUT2D eigenvalue weighted by atomic mass is 16.5. The van der Waals surface area contributed by atoms with E-state index >= 15 is 0 Å². The summed E-state index contributed by atoms with van der Waals surface area (Å²) in [5, 5.41) is 11.7. The number of aliphatic hydroxyl groups excluding tert-OH is 1. The molecule has 6 nitrogen and oxygen atoms in total. The third-order valence-electron chi connectivity index (χ3n) is 7.13. The molecule has 1 unspecified atom stereocenters. The smallest absolute Gasteiger partial charge is 0.300 e. The van der Waals surface area contributed by atoms with Gasteiger partial charge in [-0.1, -0.05) is 58.9 Å². The summed E-state index contributed by atoms with van der Waals surface area (Å²) in [6, 6.07) is 19.5. The lowest BCUT2D eigenvalue weighted by atomic mass is 9.84. The van der Waals surface area contributed by atoms with Gasteiger partial charge in [-0.15, -0.1) is 0 Å². The topological polar surface area (TPSA) is 76.1 Å². The number of anilines is 1. The molecule has 0 aliphatic carbocycles. The van der Waals surface area contributed by atoms with Crippen molar-refractivity contribution >= 4 is 23.1 Å². The maximum absolute atomic E-state index is 13.7. The summed E-state index contributed by atoms with van der Waals surface area (Å²) in [4.78, 5) is 28.7. The molecule has 3 aromatic carbocycles. The van der Waals surface area contributed by atoms with E-state index in [1.54, 1.807) is 6.07 Å². The minimum Gasteiger partial charge on any atom is -0.507 e. The van der Waals surface area contributed by atoms with Crippen LogP contribution in [-0.2, 0) is 15.0 Å². The van der Waals surface area contributed by atoms with Crippen molar-refractivity contribution in [2.24, 2.45) is 0 Å². The SMILES string of the molecule is CCOc1cccc(C2/C(=C(\O)c3ccc(OCC)c(C(C)(C)C)c3)C(=O)C(=O)N2c2ccc(C(C)C)cc2)c1. The summed E-state index contributed by atoms with van der Waals surface area (Å²) >= 11 is 0. The second kappa shape index (κ2) is 11.6. The van der Waals surface area contributed by atoms with Gasteiger partial charge in [0.25, 0.3) is 11.7 Å². The van der Waals surface area contributed by atoms with E-state index in [4.69, 9.17) is 9.47 Å². The van der Waals surface area contributed by atoms with Gasteiger partial charge >= 0.3 is 0 Å². The average molecular weight is 542 g/mol. The second-order valence-electron chi connectivity index (χ2n) is 11.3. The highest BCUT2D eigenvalue weighted by Gasteiger charge is 2.47. The summed E-state index contributed by atoms with van der Waals surface area (Å²) in [7, 11) is 0. The molecule has 1 aliphatic heterocycles. The van der Waals surface area contributed by atoms with Crippen molar-refractivity contribution in [3.05, 3.63) is 94.6 Å². The minimum atomic E-state index is -0.838. The largest absolute Gasteiger partial charge is 0.507 e. The van der Waals surface area contributed by atoms with Crippen molar-refractivity contribution in [3.63, 3.8) is 0 Å². The fraction of sp³-hybridized carbons (Fsp3) is 0.353. The Hall–Kier alpha value is -4.06. The van der Waals surface area contributed by atoms with Gasteiger partial charge in [-0.05, 0) is 78.8 Å². The van der Waals surface area contributed by atoms with E-state index in [1.807, 2.05) is 74.5 Å². The molecule has 1 amide bonds. The van der Waals surface area contributed by atoms with Crippen molar-refractivity contribution in [3.8, 4) is 11.5 Å². The van der Waals surface area contributed by atoms with Crippen molar-refractivity contribution in [1.29, 1.82) is 0 Å². The molecule has 1 fully saturated rings. The number of Topliss-reactive ketones (excluding diaryl/α,β-unsaturated/α-hetero) is 1. The molecule has 210 valence electrons. The van der Waals surface area contributed by atoms with Crippen LogP contribution < -0.4 is 14.4 Å². The van der Waals surface area contributed by atoms with Crippen LogP contribution in [0.4, 0.5) is 5.69 Å². The molecule has 1 heterocycles. The Labute approximate surface area is 237 Å².